The highest BCUT2D eigenvalue weighted by atomic mass is 32.2. The van der Waals surface area contributed by atoms with Crippen LogP contribution in [0.2, 0.25) is 0 Å². The summed E-state index contributed by atoms with van der Waals surface area (Å²) in [5, 5.41) is -0.0406. The maximum atomic E-state index is 11.5. The van der Waals surface area contributed by atoms with Crippen molar-refractivity contribution in [1.82, 2.24) is 0 Å². The summed E-state index contributed by atoms with van der Waals surface area (Å²) < 4.78 is 22.9. The lowest BCUT2D eigenvalue weighted by Gasteiger charge is -2.29. The van der Waals surface area contributed by atoms with Crippen molar-refractivity contribution in [2.24, 2.45) is 5.92 Å². The highest BCUT2D eigenvalue weighted by molar-refractivity contribution is 7.91. The third kappa shape index (κ3) is 2.97. The standard InChI is InChI=1S/C10H20O2S/c1-3-6-9-7-4-5-8-10(9)13(2,11)12/h9-10H,3-8H2,1-2H3. The zero-order chi connectivity index (χ0) is 9.90. The highest BCUT2D eigenvalue weighted by Crippen LogP contribution is 2.32. The predicted octanol–water partition coefficient (Wildman–Crippen LogP) is 2.39. The quantitative estimate of drug-likeness (QED) is 0.707. The van der Waals surface area contributed by atoms with Gasteiger partial charge in [0, 0.05) is 6.26 Å². The normalized spacial score (nSPS) is 30.3. The lowest BCUT2D eigenvalue weighted by atomic mass is 9.86. The van der Waals surface area contributed by atoms with E-state index in [4.69, 9.17) is 0 Å². The van der Waals surface area contributed by atoms with Crippen LogP contribution in [0.25, 0.3) is 0 Å². The van der Waals surface area contributed by atoms with Gasteiger partial charge in [0.15, 0.2) is 9.84 Å². The molecule has 0 heterocycles. The third-order valence-corrected chi connectivity index (χ3v) is 4.77. The first-order chi connectivity index (χ1) is 6.05. The van der Waals surface area contributed by atoms with Crippen LogP contribution in [-0.4, -0.2) is 19.9 Å². The van der Waals surface area contributed by atoms with Crippen molar-refractivity contribution in [2.75, 3.05) is 6.26 Å². The van der Waals surface area contributed by atoms with Crippen LogP contribution in [0.5, 0.6) is 0 Å². The van der Waals surface area contributed by atoms with E-state index in [0.717, 1.165) is 32.1 Å². The predicted molar refractivity (Wildman–Crippen MR) is 55.5 cm³/mol. The van der Waals surface area contributed by atoms with Gasteiger partial charge < -0.3 is 0 Å². The molecule has 1 aliphatic carbocycles. The molecule has 0 N–H and O–H groups in total. The second kappa shape index (κ2) is 4.45. The Kier molecular flexibility index (Phi) is 3.77. The Morgan fingerprint density at radius 3 is 2.38 bits per heavy atom. The van der Waals surface area contributed by atoms with E-state index in [0.29, 0.717) is 5.92 Å². The number of rotatable bonds is 3. The summed E-state index contributed by atoms with van der Waals surface area (Å²) in [4.78, 5) is 0. The number of hydrogen-bond acceptors (Lipinski definition) is 2. The van der Waals surface area contributed by atoms with Crippen molar-refractivity contribution < 1.29 is 8.42 Å². The van der Waals surface area contributed by atoms with Crippen LogP contribution in [0.1, 0.15) is 45.4 Å². The van der Waals surface area contributed by atoms with Gasteiger partial charge in [0.2, 0.25) is 0 Å². The molecule has 0 bridgehead atoms. The largest absolute Gasteiger partial charge is 0.229 e. The molecule has 2 atom stereocenters. The molecule has 0 aromatic carbocycles. The maximum absolute atomic E-state index is 11.5. The number of hydrogen-bond donors (Lipinski definition) is 0. The van der Waals surface area contributed by atoms with Crippen LogP contribution in [0.4, 0.5) is 0 Å². The average Bonchev–Trinajstić information content (AvgIpc) is 2.04. The second-order valence-electron chi connectivity index (χ2n) is 4.20. The molecule has 1 aliphatic rings. The average molecular weight is 204 g/mol. The molecule has 0 saturated heterocycles. The van der Waals surface area contributed by atoms with Gasteiger partial charge in [0.05, 0.1) is 5.25 Å². The first-order valence-corrected chi connectivity index (χ1v) is 7.20. The lowest BCUT2D eigenvalue weighted by Crippen LogP contribution is -2.32. The first kappa shape index (κ1) is 11.0. The Balaban J connectivity index is 2.67. The Labute approximate surface area is 81.6 Å². The summed E-state index contributed by atoms with van der Waals surface area (Å²) in [6.45, 7) is 2.13. The van der Waals surface area contributed by atoms with Gasteiger partial charge in [-0.25, -0.2) is 8.42 Å². The van der Waals surface area contributed by atoms with Crippen LogP contribution in [0.15, 0.2) is 0 Å². The second-order valence-corrected chi connectivity index (χ2v) is 6.47. The van der Waals surface area contributed by atoms with Gasteiger partial charge in [-0.1, -0.05) is 26.2 Å². The van der Waals surface area contributed by atoms with E-state index in [-0.39, 0.29) is 5.25 Å². The van der Waals surface area contributed by atoms with Crippen molar-refractivity contribution in [3.8, 4) is 0 Å². The Morgan fingerprint density at radius 1 is 1.23 bits per heavy atom. The molecule has 13 heavy (non-hydrogen) atoms. The van der Waals surface area contributed by atoms with E-state index in [1.807, 2.05) is 0 Å². The molecule has 0 radical (unpaired) electrons. The molecular weight excluding hydrogens is 184 g/mol. The summed E-state index contributed by atoms with van der Waals surface area (Å²) in [5.41, 5.74) is 0. The van der Waals surface area contributed by atoms with Gasteiger partial charge in [0.25, 0.3) is 0 Å². The van der Waals surface area contributed by atoms with Gasteiger partial charge >= 0.3 is 0 Å². The smallest absolute Gasteiger partial charge is 0.150 e. The molecule has 1 saturated carbocycles. The summed E-state index contributed by atoms with van der Waals surface area (Å²) in [5.74, 6) is 0.439. The maximum Gasteiger partial charge on any atom is 0.150 e. The van der Waals surface area contributed by atoms with Crippen molar-refractivity contribution >= 4 is 9.84 Å². The molecule has 0 aromatic rings. The van der Waals surface area contributed by atoms with Crippen LogP contribution >= 0.6 is 0 Å². The van der Waals surface area contributed by atoms with Gasteiger partial charge in [0.1, 0.15) is 0 Å². The van der Waals surface area contributed by atoms with Gasteiger partial charge in [-0.3, -0.25) is 0 Å². The monoisotopic (exact) mass is 204 g/mol. The highest BCUT2D eigenvalue weighted by Gasteiger charge is 2.31. The minimum atomic E-state index is -2.80. The van der Waals surface area contributed by atoms with Crippen molar-refractivity contribution in [3.63, 3.8) is 0 Å². The van der Waals surface area contributed by atoms with Crippen LogP contribution in [0, 0.1) is 5.92 Å². The van der Waals surface area contributed by atoms with Crippen molar-refractivity contribution in [1.29, 1.82) is 0 Å². The molecule has 1 rings (SSSR count). The molecule has 2 unspecified atom stereocenters. The molecule has 0 aliphatic heterocycles. The van der Waals surface area contributed by atoms with E-state index in [1.165, 1.54) is 12.7 Å². The molecule has 1 fully saturated rings. The zero-order valence-corrected chi connectivity index (χ0v) is 9.44. The topological polar surface area (TPSA) is 34.1 Å². The van der Waals surface area contributed by atoms with E-state index >= 15 is 0 Å². The molecule has 0 aromatic heterocycles. The van der Waals surface area contributed by atoms with E-state index in [9.17, 15) is 8.42 Å². The third-order valence-electron chi connectivity index (χ3n) is 3.05. The van der Waals surface area contributed by atoms with E-state index in [2.05, 4.69) is 6.92 Å². The molecule has 0 spiro atoms. The summed E-state index contributed by atoms with van der Waals surface area (Å²) in [6.07, 6.45) is 7.91. The fraction of sp³-hybridized carbons (Fsp3) is 1.00. The molecule has 0 amide bonds. The zero-order valence-electron chi connectivity index (χ0n) is 8.62. The van der Waals surface area contributed by atoms with E-state index in [1.54, 1.807) is 0 Å². The minimum absolute atomic E-state index is 0.0406. The van der Waals surface area contributed by atoms with Gasteiger partial charge in [-0.05, 0) is 25.2 Å². The minimum Gasteiger partial charge on any atom is -0.229 e. The van der Waals surface area contributed by atoms with Crippen molar-refractivity contribution in [2.45, 2.75) is 50.7 Å². The molecule has 78 valence electrons. The molecular formula is C10H20O2S. The number of sulfone groups is 1. The van der Waals surface area contributed by atoms with Gasteiger partial charge in [-0.2, -0.15) is 0 Å². The van der Waals surface area contributed by atoms with Crippen molar-refractivity contribution in [3.05, 3.63) is 0 Å². The SMILES string of the molecule is CCCC1CCCCC1S(C)(=O)=O. The summed E-state index contributed by atoms with van der Waals surface area (Å²) >= 11 is 0. The van der Waals surface area contributed by atoms with Crippen LogP contribution in [-0.2, 0) is 9.84 Å². The Morgan fingerprint density at radius 2 is 1.85 bits per heavy atom. The van der Waals surface area contributed by atoms with Crippen LogP contribution < -0.4 is 0 Å². The Bertz CT molecular complexity index is 242. The summed E-state index contributed by atoms with van der Waals surface area (Å²) in [7, 11) is -2.80. The lowest BCUT2D eigenvalue weighted by molar-refractivity contribution is 0.336. The Hall–Kier alpha value is -0.0500. The van der Waals surface area contributed by atoms with E-state index < -0.39 is 9.84 Å². The molecule has 2 nitrogen and oxygen atoms in total. The van der Waals surface area contributed by atoms with Gasteiger partial charge in [-0.15, -0.1) is 0 Å². The van der Waals surface area contributed by atoms with Crippen LogP contribution in [0.3, 0.4) is 0 Å². The fourth-order valence-corrected chi connectivity index (χ4v) is 4.00. The fourth-order valence-electron chi connectivity index (χ4n) is 2.44. The summed E-state index contributed by atoms with van der Waals surface area (Å²) in [6, 6.07) is 0. The molecule has 3 heteroatoms. The first-order valence-electron chi connectivity index (χ1n) is 5.24.